The molecule has 0 aliphatic carbocycles. The maximum atomic E-state index is 3.32. The number of hydrogen-bond acceptors (Lipinski definition) is 0. The molecule has 0 aliphatic rings. The summed E-state index contributed by atoms with van der Waals surface area (Å²) < 4.78 is 2.28. The number of aromatic nitrogens is 2. The highest BCUT2D eigenvalue weighted by Gasteiger charge is 2.12. The Kier molecular flexibility index (Phi) is 2.86. The van der Waals surface area contributed by atoms with Crippen molar-refractivity contribution >= 4 is 11.0 Å². The quantitative estimate of drug-likeness (QED) is 0.673. The summed E-state index contributed by atoms with van der Waals surface area (Å²) in [4.78, 5) is 3.32. The topological polar surface area (TPSA) is 19.7 Å². The number of aromatic amines is 1. The zero-order valence-corrected chi connectivity index (χ0v) is 11.7. The Morgan fingerprint density at radius 2 is 1.68 bits per heavy atom. The second-order valence-corrected chi connectivity index (χ2v) is 5.30. The summed E-state index contributed by atoms with van der Waals surface area (Å²) in [5, 5.41) is 0. The molecule has 0 unspecified atom stereocenters. The number of H-pyrrole nitrogens is 1. The van der Waals surface area contributed by atoms with E-state index in [2.05, 4.69) is 73.0 Å². The van der Waals surface area contributed by atoms with E-state index >= 15 is 0 Å². The van der Waals surface area contributed by atoms with Crippen molar-refractivity contribution in [3.8, 4) is 0 Å². The number of hydrogen-bond donors (Lipinski definition) is 1. The van der Waals surface area contributed by atoms with E-state index in [4.69, 9.17) is 0 Å². The molecule has 0 amide bonds. The van der Waals surface area contributed by atoms with E-state index in [0.717, 1.165) is 6.54 Å². The predicted molar refractivity (Wildman–Crippen MR) is 78.2 cm³/mol. The van der Waals surface area contributed by atoms with E-state index in [9.17, 15) is 0 Å². The number of benzene rings is 2. The van der Waals surface area contributed by atoms with Gasteiger partial charge in [0.2, 0.25) is 6.33 Å². The van der Waals surface area contributed by atoms with Crippen molar-refractivity contribution in [2.24, 2.45) is 0 Å². The van der Waals surface area contributed by atoms with Gasteiger partial charge in [-0.25, -0.2) is 9.55 Å². The molecule has 2 nitrogen and oxygen atoms in total. The van der Waals surface area contributed by atoms with Gasteiger partial charge in [-0.2, -0.15) is 0 Å². The molecule has 0 saturated carbocycles. The maximum absolute atomic E-state index is 3.32. The van der Waals surface area contributed by atoms with Gasteiger partial charge in [-0.3, -0.25) is 0 Å². The fourth-order valence-electron chi connectivity index (χ4n) is 2.82. The normalized spacial score (nSPS) is 11.1. The minimum Gasteiger partial charge on any atom is -0.243 e. The van der Waals surface area contributed by atoms with Crippen molar-refractivity contribution in [1.82, 2.24) is 4.98 Å². The molecule has 0 fully saturated rings. The number of rotatable bonds is 2. The molecule has 0 saturated heterocycles. The fourth-order valence-corrected chi connectivity index (χ4v) is 2.82. The molecule has 2 heteroatoms. The predicted octanol–water partition coefficient (Wildman–Crippen LogP) is 3.43. The lowest BCUT2D eigenvalue weighted by Gasteiger charge is -2.09. The highest BCUT2D eigenvalue weighted by atomic mass is 15.0. The van der Waals surface area contributed by atoms with E-state index in [-0.39, 0.29) is 0 Å². The Balaban J connectivity index is 2.06. The molecule has 3 aromatic rings. The Morgan fingerprint density at radius 1 is 1.00 bits per heavy atom. The van der Waals surface area contributed by atoms with Crippen LogP contribution in [0.3, 0.4) is 0 Å². The van der Waals surface area contributed by atoms with E-state index in [1.165, 1.54) is 33.3 Å². The van der Waals surface area contributed by atoms with Crippen LogP contribution in [0.1, 0.15) is 22.3 Å². The number of para-hydroxylation sites is 2. The first-order chi connectivity index (χ1) is 9.15. The summed E-state index contributed by atoms with van der Waals surface area (Å²) in [7, 11) is 0. The van der Waals surface area contributed by atoms with Crippen LogP contribution in [0, 0.1) is 20.8 Å². The van der Waals surface area contributed by atoms with Gasteiger partial charge in [0.15, 0.2) is 11.0 Å². The van der Waals surface area contributed by atoms with E-state index in [0.29, 0.717) is 0 Å². The van der Waals surface area contributed by atoms with Crippen LogP contribution in [0.4, 0.5) is 0 Å². The van der Waals surface area contributed by atoms with Crippen LogP contribution in [0.25, 0.3) is 11.0 Å². The lowest BCUT2D eigenvalue weighted by atomic mass is 10.00. The van der Waals surface area contributed by atoms with Gasteiger partial charge in [-0.05, 0) is 49.6 Å². The highest BCUT2D eigenvalue weighted by molar-refractivity contribution is 5.70. The Labute approximate surface area is 113 Å². The van der Waals surface area contributed by atoms with Crippen molar-refractivity contribution in [3.05, 3.63) is 65.0 Å². The van der Waals surface area contributed by atoms with Gasteiger partial charge in [0.25, 0.3) is 0 Å². The minimum atomic E-state index is 0.919. The zero-order chi connectivity index (χ0) is 13.4. The van der Waals surface area contributed by atoms with Gasteiger partial charge in [-0.1, -0.05) is 29.8 Å². The van der Waals surface area contributed by atoms with Gasteiger partial charge in [0, 0.05) is 0 Å². The molecule has 0 spiro atoms. The van der Waals surface area contributed by atoms with Crippen LogP contribution in [0.2, 0.25) is 0 Å². The standard InChI is InChI=1S/C17H18N2/c1-12-8-13(2)15(14(3)9-12)10-19-11-18-16-6-4-5-7-17(16)19/h4-9,11H,10H2,1-3H3/p+1. The summed E-state index contributed by atoms with van der Waals surface area (Å²) in [5.41, 5.74) is 7.93. The highest BCUT2D eigenvalue weighted by Crippen LogP contribution is 2.17. The number of imidazole rings is 1. The lowest BCUT2D eigenvalue weighted by molar-refractivity contribution is -0.662. The minimum absolute atomic E-state index is 0.919. The molecule has 1 aromatic heterocycles. The Hall–Kier alpha value is -2.09. The van der Waals surface area contributed by atoms with Gasteiger partial charge in [0.1, 0.15) is 6.54 Å². The summed E-state index contributed by atoms with van der Waals surface area (Å²) in [6.45, 7) is 7.47. The molecule has 0 atom stereocenters. The van der Waals surface area contributed by atoms with Crippen LogP contribution >= 0.6 is 0 Å². The van der Waals surface area contributed by atoms with E-state index < -0.39 is 0 Å². The SMILES string of the molecule is Cc1cc(C)c(C[n+]2c[nH]c3ccccc32)c(C)c1. The lowest BCUT2D eigenvalue weighted by Crippen LogP contribution is -2.33. The van der Waals surface area contributed by atoms with Crippen LogP contribution in [-0.2, 0) is 6.54 Å². The van der Waals surface area contributed by atoms with Gasteiger partial charge in [-0.15, -0.1) is 0 Å². The van der Waals surface area contributed by atoms with Gasteiger partial charge < -0.3 is 0 Å². The average Bonchev–Trinajstić information content (AvgIpc) is 2.77. The fraction of sp³-hybridized carbons (Fsp3) is 0.235. The molecule has 96 valence electrons. The summed E-state index contributed by atoms with van der Waals surface area (Å²) in [5.74, 6) is 0. The molecule has 0 aliphatic heterocycles. The number of nitrogens with one attached hydrogen (secondary N) is 1. The van der Waals surface area contributed by atoms with Crippen molar-refractivity contribution in [2.45, 2.75) is 27.3 Å². The monoisotopic (exact) mass is 251 g/mol. The summed E-state index contributed by atoms with van der Waals surface area (Å²) in [6, 6.07) is 12.9. The second kappa shape index (κ2) is 4.54. The number of nitrogens with zero attached hydrogens (tertiary/aromatic N) is 1. The molecule has 3 rings (SSSR count). The van der Waals surface area contributed by atoms with E-state index in [1.54, 1.807) is 0 Å². The molecule has 0 bridgehead atoms. The first-order valence-corrected chi connectivity index (χ1v) is 6.67. The van der Waals surface area contributed by atoms with Crippen molar-refractivity contribution in [1.29, 1.82) is 0 Å². The average molecular weight is 251 g/mol. The van der Waals surface area contributed by atoms with Crippen LogP contribution in [-0.4, -0.2) is 4.98 Å². The third kappa shape index (κ3) is 2.14. The molecule has 0 radical (unpaired) electrons. The van der Waals surface area contributed by atoms with Crippen LogP contribution in [0.5, 0.6) is 0 Å². The van der Waals surface area contributed by atoms with Crippen LogP contribution in [0.15, 0.2) is 42.7 Å². The molecule has 2 aromatic carbocycles. The third-order valence-electron chi connectivity index (χ3n) is 3.76. The smallest absolute Gasteiger partial charge is 0.242 e. The first kappa shape index (κ1) is 12.0. The molecule has 1 heterocycles. The van der Waals surface area contributed by atoms with Crippen molar-refractivity contribution in [2.75, 3.05) is 0 Å². The largest absolute Gasteiger partial charge is 0.243 e. The molecule has 19 heavy (non-hydrogen) atoms. The molecular weight excluding hydrogens is 232 g/mol. The third-order valence-corrected chi connectivity index (χ3v) is 3.76. The first-order valence-electron chi connectivity index (χ1n) is 6.67. The number of fused-ring (bicyclic) bond motifs is 1. The second-order valence-electron chi connectivity index (χ2n) is 5.30. The number of aryl methyl sites for hydroxylation is 3. The Morgan fingerprint density at radius 3 is 2.42 bits per heavy atom. The molecule has 1 N–H and O–H groups in total. The summed E-state index contributed by atoms with van der Waals surface area (Å²) in [6.07, 6.45) is 2.06. The van der Waals surface area contributed by atoms with Crippen LogP contribution < -0.4 is 4.57 Å². The van der Waals surface area contributed by atoms with Crippen molar-refractivity contribution in [3.63, 3.8) is 0 Å². The summed E-state index contributed by atoms with van der Waals surface area (Å²) >= 11 is 0. The van der Waals surface area contributed by atoms with Gasteiger partial charge >= 0.3 is 0 Å². The van der Waals surface area contributed by atoms with Gasteiger partial charge in [0.05, 0.1) is 0 Å². The zero-order valence-electron chi connectivity index (χ0n) is 11.7. The van der Waals surface area contributed by atoms with E-state index in [1.807, 2.05) is 0 Å². The van der Waals surface area contributed by atoms with Crippen molar-refractivity contribution < 1.29 is 4.57 Å². The Bertz CT molecular complexity index is 715. The molecular formula is C17H19N2+. The maximum Gasteiger partial charge on any atom is 0.242 e.